The van der Waals surface area contributed by atoms with Crippen LogP contribution in [0.5, 0.6) is 5.75 Å². The summed E-state index contributed by atoms with van der Waals surface area (Å²) in [5.41, 5.74) is 2.79. The Labute approximate surface area is 112 Å². The summed E-state index contributed by atoms with van der Waals surface area (Å²) in [5, 5.41) is 3.29. The second kappa shape index (κ2) is 6.24. The molecule has 0 amide bonds. The van der Waals surface area contributed by atoms with Crippen LogP contribution in [0.4, 0.5) is 0 Å². The van der Waals surface area contributed by atoms with Crippen LogP contribution in [-0.4, -0.2) is 19.7 Å². The van der Waals surface area contributed by atoms with Crippen LogP contribution >= 0.6 is 0 Å². The second-order valence-electron chi connectivity index (χ2n) is 5.59. The Balaban J connectivity index is 3.02. The molecule has 18 heavy (non-hydrogen) atoms. The highest BCUT2D eigenvalue weighted by atomic mass is 16.5. The first-order valence-corrected chi connectivity index (χ1v) is 6.85. The molecule has 1 aromatic carbocycles. The van der Waals surface area contributed by atoms with Crippen molar-refractivity contribution in [2.24, 2.45) is 0 Å². The Bertz CT molecular complexity index is 387. The summed E-state index contributed by atoms with van der Waals surface area (Å²) < 4.78 is 5.79. The van der Waals surface area contributed by atoms with Gasteiger partial charge < -0.3 is 10.1 Å². The van der Waals surface area contributed by atoms with Crippen LogP contribution in [0.15, 0.2) is 18.2 Å². The highest BCUT2D eigenvalue weighted by Crippen LogP contribution is 2.30. The minimum absolute atomic E-state index is 0.190. The first kappa shape index (κ1) is 15.0. The molecule has 0 saturated carbocycles. The quantitative estimate of drug-likeness (QED) is 0.830. The van der Waals surface area contributed by atoms with Gasteiger partial charge in [-0.15, -0.1) is 0 Å². The Morgan fingerprint density at radius 1 is 1.33 bits per heavy atom. The van der Waals surface area contributed by atoms with Gasteiger partial charge in [0.1, 0.15) is 5.75 Å². The van der Waals surface area contributed by atoms with E-state index in [-0.39, 0.29) is 11.5 Å². The van der Waals surface area contributed by atoms with Gasteiger partial charge in [-0.05, 0) is 51.4 Å². The largest absolute Gasteiger partial charge is 0.491 e. The van der Waals surface area contributed by atoms with Gasteiger partial charge >= 0.3 is 0 Å². The van der Waals surface area contributed by atoms with Crippen LogP contribution in [0.25, 0.3) is 0 Å². The highest BCUT2D eigenvalue weighted by Gasteiger charge is 2.24. The summed E-state index contributed by atoms with van der Waals surface area (Å²) >= 11 is 0. The zero-order valence-electron chi connectivity index (χ0n) is 12.6. The number of rotatable bonds is 6. The van der Waals surface area contributed by atoms with Crippen LogP contribution in [0.1, 0.15) is 45.2 Å². The molecule has 0 heterocycles. The smallest absolute Gasteiger partial charge is 0.122 e. The molecule has 0 aromatic heterocycles. The van der Waals surface area contributed by atoms with E-state index >= 15 is 0 Å². The number of hydrogen-bond donors (Lipinski definition) is 1. The van der Waals surface area contributed by atoms with Crippen molar-refractivity contribution in [3.63, 3.8) is 0 Å². The fourth-order valence-corrected chi connectivity index (χ4v) is 2.23. The maximum Gasteiger partial charge on any atom is 0.122 e. The first-order valence-electron chi connectivity index (χ1n) is 6.85. The third-order valence-corrected chi connectivity index (χ3v) is 3.58. The minimum Gasteiger partial charge on any atom is -0.491 e. The molecule has 1 N–H and O–H groups in total. The second-order valence-corrected chi connectivity index (χ2v) is 5.59. The lowest BCUT2D eigenvalue weighted by Gasteiger charge is -2.29. The number of ether oxygens (including phenoxy) is 1. The van der Waals surface area contributed by atoms with Gasteiger partial charge in [0, 0.05) is 12.0 Å². The summed E-state index contributed by atoms with van der Waals surface area (Å²) in [6, 6.07) is 6.57. The van der Waals surface area contributed by atoms with E-state index < -0.39 is 0 Å². The van der Waals surface area contributed by atoms with E-state index in [1.54, 1.807) is 0 Å². The molecule has 0 fully saturated rings. The van der Waals surface area contributed by atoms with Crippen molar-refractivity contribution in [1.82, 2.24) is 5.32 Å². The van der Waals surface area contributed by atoms with E-state index in [0.29, 0.717) is 0 Å². The van der Waals surface area contributed by atoms with E-state index in [1.165, 1.54) is 11.1 Å². The molecule has 0 saturated heterocycles. The molecule has 0 aliphatic rings. The lowest BCUT2D eigenvalue weighted by Crippen LogP contribution is -2.33. The fraction of sp³-hybridized carbons (Fsp3) is 0.625. The number of likely N-dealkylation sites (N-methyl/N-ethyl adjacent to an activating group) is 1. The van der Waals surface area contributed by atoms with Gasteiger partial charge in [-0.25, -0.2) is 0 Å². The van der Waals surface area contributed by atoms with Crippen molar-refractivity contribution in [2.45, 2.75) is 52.6 Å². The number of benzene rings is 1. The minimum atomic E-state index is 0.190. The van der Waals surface area contributed by atoms with Crippen LogP contribution in [-0.2, 0) is 5.41 Å². The Hall–Kier alpha value is -1.02. The Morgan fingerprint density at radius 3 is 2.44 bits per heavy atom. The number of hydrogen-bond acceptors (Lipinski definition) is 2. The van der Waals surface area contributed by atoms with E-state index in [2.05, 4.69) is 58.1 Å². The average molecular weight is 249 g/mol. The molecule has 0 aliphatic heterocycles. The topological polar surface area (TPSA) is 21.3 Å². The molecule has 0 radical (unpaired) electrons. The molecular weight excluding hydrogens is 222 g/mol. The summed E-state index contributed by atoms with van der Waals surface area (Å²) in [4.78, 5) is 0. The standard InChI is InChI=1S/C16H27NO/c1-7-16(5,11-17-6)14-8-9-15(13(4)10-14)18-12(2)3/h8-10,12,17H,7,11H2,1-6H3. The molecule has 0 bridgehead atoms. The van der Waals surface area contributed by atoms with Crippen LogP contribution in [0.3, 0.4) is 0 Å². The van der Waals surface area contributed by atoms with Crippen molar-refractivity contribution in [2.75, 3.05) is 13.6 Å². The van der Waals surface area contributed by atoms with Gasteiger partial charge in [-0.3, -0.25) is 0 Å². The zero-order chi connectivity index (χ0) is 13.8. The van der Waals surface area contributed by atoms with Crippen molar-refractivity contribution < 1.29 is 4.74 Å². The predicted octanol–water partition coefficient (Wildman–Crippen LogP) is 3.67. The summed E-state index contributed by atoms with van der Waals surface area (Å²) in [6.07, 6.45) is 1.35. The van der Waals surface area contributed by atoms with Gasteiger partial charge in [0.25, 0.3) is 0 Å². The van der Waals surface area contributed by atoms with Crippen LogP contribution in [0, 0.1) is 6.92 Å². The average Bonchev–Trinajstić information content (AvgIpc) is 2.31. The summed E-state index contributed by atoms with van der Waals surface area (Å²) in [5.74, 6) is 0.997. The number of nitrogens with one attached hydrogen (secondary N) is 1. The Kier molecular flexibility index (Phi) is 5.21. The van der Waals surface area contributed by atoms with Crippen LogP contribution < -0.4 is 10.1 Å². The molecule has 0 aliphatic carbocycles. The van der Waals surface area contributed by atoms with Gasteiger partial charge in [0.15, 0.2) is 0 Å². The van der Waals surface area contributed by atoms with E-state index in [9.17, 15) is 0 Å². The fourth-order valence-electron chi connectivity index (χ4n) is 2.23. The molecule has 2 heteroatoms. The van der Waals surface area contributed by atoms with Crippen LogP contribution in [0.2, 0.25) is 0 Å². The molecule has 102 valence electrons. The first-order chi connectivity index (χ1) is 8.42. The van der Waals surface area contributed by atoms with Gasteiger partial charge in [0.05, 0.1) is 6.10 Å². The summed E-state index contributed by atoms with van der Waals surface area (Å²) in [7, 11) is 2.01. The van der Waals surface area contributed by atoms with Crippen molar-refractivity contribution in [1.29, 1.82) is 0 Å². The van der Waals surface area contributed by atoms with Gasteiger partial charge in [-0.1, -0.05) is 26.0 Å². The van der Waals surface area contributed by atoms with Crippen molar-refractivity contribution in [3.8, 4) is 5.75 Å². The third kappa shape index (κ3) is 3.49. The maximum atomic E-state index is 5.79. The maximum absolute atomic E-state index is 5.79. The highest BCUT2D eigenvalue weighted by molar-refractivity contribution is 5.39. The molecule has 1 rings (SSSR count). The molecule has 1 aromatic rings. The molecule has 2 nitrogen and oxygen atoms in total. The predicted molar refractivity (Wildman–Crippen MR) is 78.5 cm³/mol. The number of aryl methyl sites for hydroxylation is 1. The SMILES string of the molecule is CCC(C)(CNC)c1ccc(OC(C)C)c(C)c1. The van der Waals surface area contributed by atoms with Gasteiger partial charge in [0.2, 0.25) is 0 Å². The third-order valence-electron chi connectivity index (χ3n) is 3.58. The van der Waals surface area contributed by atoms with Crippen molar-refractivity contribution >= 4 is 0 Å². The zero-order valence-corrected chi connectivity index (χ0v) is 12.6. The molecular formula is C16H27NO. The molecule has 1 atom stereocenters. The molecule has 1 unspecified atom stereocenters. The van der Waals surface area contributed by atoms with Gasteiger partial charge in [-0.2, -0.15) is 0 Å². The normalized spacial score (nSPS) is 14.6. The lowest BCUT2D eigenvalue weighted by molar-refractivity contribution is 0.240. The summed E-state index contributed by atoms with van der Waals surface area (Å²) in [6.45, 7) is 11.8. The molecule has 0 spiro atoms. The van der Waals surface area contributed by atoms with E-state index in [4.69, 9.17) is 4.74 Å². The van der Waals surface area contributed by atoms with E-state index in [1.807, 2.05) is 7.05 Å². The van der Waals surface area contributed by atoms with E-state index in [0.717, 1.165) is 18.7 Å². The monoisotopic (exact) mass is 249 g/mol. The van der Waals surface area contributed by atoms with Crippen molar-refractivity contribution in [3.05, 3.63) is 29.3 Å². The Morgan fingerprint density at radius 2 is 2.00 bits per heavy atom. The lowest BCUT2D eigenvalue weighted by atomic mass is 9.79.